The summed E-state index contributed by atoms with van der Waals surface area (Å²) in [5.74, 6) is 0. The van der Waals surface area contributed by atoms with E-state index in [0.29, 0.717) is 0 Å². The minimum absolute atomic E-state index is 0.0694. The average Bonchev–Trinajstić information content (AvgIpc) is 3.66. The molecule has 7 aromatic rings. The summed E-state index contributed by atoms with van der Waals surface area (Å²) in [6.07, 6.45) is 0. The van der Waals surface area contributed by atoms with Crippen molar-refractivity contribution in [1.82, 2.24) is 0 Å². The Balaban J connectivity index is 1.21. The summed E-state index contributed by atoms with van der Waals surface area (Å²) in [4.78, 5) is 3.87. The van der Waals surface area contributed by atoms with Gasteiger partial charge < -0.3 is 4.90 Å². The summed E-state index contributed by atoms with van der Waals surface area (Å²) in [5, 5.41) is 1.39. The fourth-order valence-corrected chi connectivity index (χ4v) is 9.49. The van der Waals surface area contributed by atoms with Crippen LogP contribution in [0, 0.1) is 0 Å². The zero-order valence-corrected chi connectivity index (χ0v) is 27.5. The second-order valence-corrected chi connectivity index (χ2v) is 14.9. The molecule has 0 bridgehead atoms. The molecule has 0 radical (unpaired) electrons. The van der Waals surface area contributed by atoms with Crippen molar-refractivity contribution in [3.8, 4) is 32.7 Å². The molecule has 0 saturated heterocycles. The fourth-order valence-electron chi connectivity index (χ4n) is 8.09. The van der Waals surface area contributed by atoms with E-state index in [1.165, 1.54) is 76.4 Å². The molecule has 1 nitrogen and oxygen atoms in total. The van der Waals surface area contributed by atoms with Crippen LogP contribution in [-0.2, 0) is 10.8 Å². The summed E-state index contributed by atoms with van der Waals surface area (Å²) in [7, 11) is 0. The molecule has 0 saturated carbocycles. The number of thiophene rings is 1. The molecule has 0 atom stereocenters. The number of fused-ring (bicyclic) bond motifs is 8. The fraction of sp³-hybridized carbons (Fsp3) is 0.136. The number of rotatable bonds is 4. The molecular formula is C44H35NS. The van der Waals surface area contributed by atoms with Crippen LogP contribution in [0.4, 0.5) is 17.1 Å². The molecule has 0 N–H and O–H groups in total. The van der Waals surface area contributed by atoms with Crippen LogP contribution in [0.15, 0.2) is 140 Å². The van der Waals surface area contributed by atoms with Gasteiger partial charge in [-0.3, -0.25) is 0 Å². The van der Waals surface area contributed by atoms with Gasteiger partial charge in [-0.25, -0.2) is 0 Å². The average molecular weight is 610 g/mol. The lowest BCUT2D eigenvalue weighted by atomic mass is 9.81. The van der Waals surface area contributed by atoms with Crippen molar-refractivity contribution in [2.45, 2.75) is 38.5 Å². The van der Waals surface area contributed by atoms with E-state index in [-0.39, 0.29) is 10.8 Å². The van der Waals surface area contributed by atoms with Crippen LogP contribution in [0.2, 0.25) is 0 Å². The molecule has 1 heterocycles. The summed E-state index contributed by atoms with van der Waals surface area (Å²) in [5.41, 5.74) is 15.5. The van der Waals surface area contributed by atoms with Crippen LogP contribution >= 0.6 is 11.3 Å². The van der Waals surface area contributed by atoms with E-state index in [4.69, 9.17) is 0 Å². The monoisotopic (exact) mass is 609 g/mol. The van der Waals surface area contributed by atoms with E-state index in [9.17, 15) is 0 Å². The minimum atomic E-state index is -0.0926. The molecule has 0 amide bonds. The van der Waals surface area contributed by atoms with Gasteiger partial charge in [-0.2, -0.15) is 0 Å². The molecule has 46 heavy (non-hydrogen) atoms. The van der Waals surface area contributed by atoms with Crippen LogP contribution in [0.1, 0.15) is 49.9 Å². The summed E-state index contributed by atoms with van der Waals surface area (Å²) in [6.45, 7) is 9.52. The van der Waals surface area contributed by atoms with Gasteiger partial charge in [0.25, 0.3) is 0 Å². The van der Waals surface area contributed by atoms with Gasteiger partial charge in [0.15, 0.2) is 0 Å². The molecule has 2 aliphatic rings. The minimum Gasteiger partial charge on any atom is -0.310 e. The molecule has 9 rings (SSSR count). The maximum absolute atomic E-state index is 2.45. The Hall–Kier alpha value is -4.92. The molecular weight excluding hydrogens is 575 g/mol. The third-order valence-corrected chi connectivity index (χ3v) is 11.7. The zero-order chi connectivity index (χ0) is 31.2. The Morgan fingerprint density at radius 3 is 1.78 bits per heavy atom. The van der Waals surface area contributed by atoms with E-state index in [0.717, 1.165) is 5.69 Å². The van der Waals surface area contributed by atoms with Crippen molar-refractivity contribution in [1.29, 1.82) is 0 Å². The first-order chi connectivity index (χ1) is 22.3. The highest BCUT2D eigenvalue weighted by Crippen LogP contribution is 2.57. The number of anilines is 3. The van der Waals surface area contributed by atoms with Gasteiger partial charge in [0.05, 0.1) is 0 Å². The Morgan fingerprint density at radius 2 is 1.02 bits per heavy atom. The Bertz CT molecular complexity index is 2300. The molecule has 2 aliphatic carbocycles. The van der Waals surface area contributed by atoms with Crippen molar-refractivity contribution in [2.75, 3.05) is 4.90 Å². The normalized spacial score (nSPS) is 14.9. The second kappa shape index (κ2) is 9.79. The first-order valence-electron chi connectivity index (χ1n) is 16.2. The Labute approximate surface area is 275 Å². The summed E-state index contributed by atoms with van der Waals surface area (Å²) in [6, 6.07) is 51.7. The van der Waals surface area contributed by atoms with Gasteiger partial charge in [-0.05, 0) is 97.9 Å². The van der Waals surface area contributed by atoms with Gasteiger partial charge in [0, 0.05) is 37.5 Å². The molecule has 1 aromatic heterocycles. The van der Waals surface area contributed by atoms with Crippen LogP contribution in [0.3, 0.4) is 0 Å². The first kappa shape index (κ1) is 27.4. The van der Waals surface area contributed by atoms with E-state index in [1.807, 2.05) is 11.3 Å². The van der Waals surface area contributed by atoms with Crippen molar-refractivity contribution in [3.63, 3.8) is 0 Å². The lowest BCUT2D eigenvalue weighted by Gasteiger charge is -2.30. The Kier molecular flexibility index (Phi) is 5.83. The van der Waals surface area contributed by atoms with Crippen LogP contribution < -0.4 is 4.90 Å². The first-order valence-corrected chi connectivity index (χ1v) is 17.0. The summed E-state index contributed by atoms with van der Waals surface area (Å²) >= 11 is 1.93. The lowest BCUT2D eigenvalue weighted by Crippen LogP contribution is -2.18. The lowest BCUT2D eigenvalue weighted by molar-refractivity contribution is 0.660. The maximum Gasteiger partial charge on any atom is 0.0465 e. The molecule has 0 unspecified atom stereocenters. The van der Waals surface area contributed by atoms with Crippen LogP contribution in [0.25, 0.3) is 42.8 Å². The van der Waals surface area contributed by atoms with Gasteiger partial charge >= 0.3 is 0 Å². The number of hydrogen-bond donors (Lipinski definition) is 0. The highest BCUT2D eigenvalue weighted by Gasteiger charge is 2.40. The molecule has 6 aromatic carbocycles. The quantitative estimate of drug-likeness (QED) is 0.192. The van der Waals surface area contributed by atoms with Gasteiger partial charge in [-0.1, -0.05) is 125 Å². The molecule has 2 heteroatoms. The highest BCUT2D eigenvalue weighted by molar-refractivity contribution is 7.22. The molecule has 0 fully saturated rings. The van der Waals surface area contributed by atoms with Crippen molar-refractivity contribution < 1.29 is 0 Å². The SMILES string of the molecule is CC1(C)c2ccccc2-c2ccc(N(c3ccc(-c4ccccc4)cc3)c3ccc4c(c3)C(C)(C)c3c-4sc4ccccc34)cc21. The number of hydrogen-bond acceptors (Lipinski definition) is 2. The third-order valence-electron chi connectivity index (χ3n) is 10.5. The van der Waals surface area contributed by atoms with Gasteiger partial charge in [0.2, 0.25) is 0 Å². The largest absolute Gasteiger partial charge is 0.310 e. The predicted octanol–water partition coefficient (Wildman–Crippen LogP) is 12.7. The number of nitrogens with zero attached hydrogens (tertiary/aromatic N) is 1. The third kappa shape index (κ3) is 3.87. The van der Waals surface area contributed by atoms with Crippen molar-refractivity contribution >= 4 is 38.5 Å². The second-order valence-electron chi connectivity index (χ2n) is 13.8. The van der Waals surface area contributed by atoms with Crippen molar-refractivity contribution in [2.24, 2.45) is 0 Å². The maximum atomic E-state index is 2.45. The van der Waals surface area contributed by atoms with Gasteiger partial charge in [0.1, 0.15) is 0 Å². The van der Waals surface area contributed by atoms with Gasteiger partial charge in [-0.15, -0.1) is 11.3 Å². The zero-order valence-electron chi connectivity index (χ0n) is 26.6. The van der Waals surface area contributed by atoms with E-state index < -0.39 is 0 Å². The molecule has 0 spiro atoms. The standard InChI is InChI=1S/C44H35NS/c1-43(2)37-16-10-8-14-33(37)34-24-22-31(26-38(34)43)45(30-20-18-29(19-21-30)28-12-6-5-7-13-28)32-23-25-35-39(27-32)44(3,4)41-36-15-9-11-17-40(36)46-42(35)41/h5-27H,1-4H3. The van der Waals surface area contributed by atoms with Crippen LogP contribution in [0.5, 0.6) is 0 Å². The van der Waals surface area contributed by atoms with E-state index in [1.54, 1.807) is 0 Å². The molecule has 0 aliphatic heterocycles. The smallest absolute Gasteiger partial charge is 0.0465 e. The number of benzene rings is 6. The summed E-state index contributed by atoms with van der Waals surface area (Å²) < 4.78 is 1.37. The Morgan fingerprint density at radius 1 is 0.457 bits per heavy atom. The predicted molar refractivity (Wildman–Crippen MR) is 197 cm³/mol. The van der Waals surface area contributed by atoms with E-state index in [2.05, 4.69) is 172 Å². The molecule has 222 valence electrons. The highest BCUT2D eigenvalue weighted by atomic mass is 32.1. The van der Waals surface area contributed by atoms with E-state index >= 15 is 0 Å². The van der Waals surface area contributed by atoms with Crippen LogP contribution in [-0.4, -0.2) is 0 Å². The topological polar surface area (TPSA) is 3.24 Å². The van der Waals surface area contributed by atoms with Crippen molar-refractivity contribution in [3.05, 3.63) is 162 Å².